The lowest BCUT2D eigenvalue weighted by atomic mass is 10.2. The summed E-state index contributed by atoms with van der Waals surface area (Å²) in [5.74, 6) is 1.20. The van der Waals surface area contributed by atoms with Gasteiger partial charge in [-0.2, -0.15) is 0 Å². The van der Waals surface area contributed by atoms with E-state index < -0.39 is 0 Å². The van der Waals surface area contributed by atoms with Crippen molar-refractivity contribution in [3.63, 3.8) is 0 Å². The molecule has 2 N–H and O–H groups in total. The van der Waals surface area contributed by atoms with Gasteiger partial charge in [0, 0.05) is 16.2 Å². The topological polar surface area (TPSA) is 59.6 Å². The van der Waals surface area contributed by atoms with E-state index in [0.29, 0.717) is 41.9 Å². The molecule has 0 aliphatic rings. The first-order valence-electron chi connectivity index (χ1n) is 10.2. The summed E-state index contributed by atoms with van der Waals surface area (Å²) in [7, 11) is 0. The zero-order valence-electron chi connectivity index (χ0n) is 17.9. The molecule has 3 aromatic rings. The standard InChI is InChI=1S/C25H25BrN2O3S/c1-17(2)15-31-23-12-11-19(26)13-22(23)24(29)28-25(32)27-20-9-6-10-21(14-20)30-16-18-7-4-3-5-8-18/h3-14,17H,15-16H2,1-2H3,(H2,27,28,29,32). The number of benzene rings is 3. The van der Waals surface area contributed by atoms with Crippen molar-refractivity contribution in [3.8, 4) is 11.5 Å². The van der Waals surface area contributed by atoms with Crippen molar-refractivity contribution >= 4 is 44.9 Å². The van der Waals surface area contributed by atoms with Crippen LogP contribution in [0.5, 0.6) is 11.5 Å². The third-order valence-electron chi connectivity index (χ3n) is 4.33. The molecule has 0 saturated carbocycles. The monoisotopic (exact) mass is 512 g/mol. The van der Waals surface area contributed by atoms with Gasteiger partial charge in [-0.3, -0.25) is 10.1 Å². The summed E-state index contributed by atoms with van der Waals surface area (Å²) in [6.07, 6.45) is 0. The Hall–Kier alpha value is -2.90. The van der Waals surface area contributed by atoms with Crippen LogP contribution < -0.4 is 20.1 Å². The first-order chi connectivity index (χ1) is 15.4. The number of thiocarbonyl (C=S) groups is 1. The zero-order chi connectivity index (χ0) is 22.9. The third-order valence-corrected chi connectivity index (χ3v) is 5.02. The minimum atomic E-state index is -0.348. The van der Waals surface area contributed by atoms with Crippen molar-refractivity contribution in [2.45, 2.75) is 20.5 Å². The largest absolute Gasteiger partial charge is 0.492 e. The number of carbonyl (C=O) groups is 1. The number of hydrogen-bond acceptors (Lipinski definition) is 4. The van der Waals surface area contributed by atoms with E-state index in [1.165, 1.54) is 0 Å². The number of anilines is 1. The van der Waals surface area contributed by atoms with Crippen LogP contribution in [0.3, 0.4) is 0 Å². The molecule has 7 heteroatoms. The number of amides is 1. The van der Waals surface area contributed by atoms with Crippen molar-refractivity contribution in [3.05, 3.63) is 88.4 Å². The van der Waals surface area contributed by atoms with E-state index in [0.717, 1.165) is 10.0 Å². The molecular formula is C25H25BrN2O3S. The van der Waals surface area contributed by atoms with Crippen LogP contribution in [-0.2, 0) is 6.61 Å². The van der Waals surface area contributed by atoms with Crippen molar-refractivity contribution in [2.75, 3.05) is 11.9 Å². The quantitative estimate of drug-likeness (QED) is 0.352. The molecule has 1 amide bonds. The van der Waals surface area contributed by atoms with E-state index in [4.69, 9.17) is 21.7 Å². The van der Waals surface area contributed by atoms with Gasteiger partial charge in [0.15, 0.2) is 5.11 Å². The molecule has 0 atom stereocenters. The molecule has 0 aliphatic carbocycles. The van der Waals surface area contributed by atoms with E-state index in [1.54, 1.807) is 12.1 Å². The predicted octanol–water partition coefficient (Wildman–Crippen LogP) is 6.19. The third kappa shape index (κ3) is 7.35. The summed E-state index contributed by atoms with van der Waals surface area (Å²) < 4.78 is 12.4. The molecule has 0 aromatic heterocycles. The van der Waals surface area contributed by atoms with Crippen molar-refractivity contribution in [1.29, 1.82) is 0 Å². The molecule has 0 radical (unpaired) electrons. The van der Waals surface area contributed by atoms with Gasteiger partial charge in [-0.15, -0.1) is 0 Å². The summed E-state index contributed by atoms with van der Waals surface area (Å²) in [5.41, 5.74) is 2.20. The fraction of sp³-hybridized carbons (Fsp3) is 0.200. The molecular weight excluding hydrogens is 488 g/mol. The fourth-order valence-electron chi connectivity index (χ4n) is 2.80. The highest BCUT2D eigenvalue weighted by atomic mass is 79.9. The summed E-state index contributed by atoms with van der Waals surface area (Å²) >= 11 is 8.75. The Kier molecular flexibility index (Phi) is 8.64. The normalized spacial score (nSPS) is 10.5. The maximum atomic E-state index is 12.8. The van der Waals surface area contributed by atoms with Crippen LogP contribution in [0.2, 0.25) is 0 Å². The molecule has 3 rings (SSSR count). The van der Waals surface area contributed by atoms with E-state index in [2.05, 4.69) is 40.4 Å². The van der Waals surface area contributed by atoms with E-state index in [-0.39, 0.29) is 11.0 Å². The molecule has 0 fully saturated rings. The Balaban J connectivity index is 1.61. The molecule has 0 unspecified atom stereocenters. The summed E-state index contributed by atoms with van der Waals surface area (Å²) in [6.45, 7) is 5.08. The van der Waals surface area contributed by atoms with E-state index in [1.807, 2.05) is 60.7 Å². The lowest BCUT2D eigenvalue weighted by Gasteiger charge is -2.15. The number of carbonyl (C=O) groups excluding carboxylic acids is 1. The van der Waals surface area contributed by atoms with Gasteiger partial charge in [0.05, 0.1) is 12.2 Å². The molecule has 0 heterocycles. The second kappa shape index (κ2) is 11.6. The summed E-state index contributed by atoms with van der Waals surface area (Å²) in [6, 6.07) is 22.7. The van der Waals surface area contributed by atoms with Crippen LogP contribution in [0, 0.1) is 5.92 Å². The van der Waals surface area contributed by atoms with Crippen LogP contribution in [-0.4, -0.2) is 17.6 Å². The molecule has 0 bridgehead atoms. The van der Waals surface area contributed by atoms with Gasteiger partial charge < -0.3 is 14.8 Å². The molecule has 5 nitrogen and oxygen atoms in total. The van der Waals surface area contributed by atoms with Crippen LogP contribution in [0.4, 0.5) is 5.69 Å². The Bertz CT molecular complexity index is 1070. The first kappa shape index (κ1) is 23.8. The van der Waals surface area contributed by atoms with Gasteiger partial charge in [-0.25, -0.2) is 0 Å². The smallest absolute Gasteiger partial charge is 0.261 e. The highest BCUT2D eigenvalue weighted by Gasteiger charge is 2.15. The first-order valence-corrected chi connectivity index (χ1v) is 11.4. The van der Waals surface area contributed by atoms with Gasteiger partial charge in [0.1, 0.15) is 18.1 Å². The van der Waals surface area contributed by atoms with Crippen LogP contribution in [0.15, 0.2) is 77.3 Å². The number of hydrogen-bond donors (Lipinski definition) is 2. The van der Waals surface area contributed by atoms with Crippen molar-refractivity contribution in [2.24, 2.45) is 5.92 Å². The minimum absolute atomic E-state index is 0.185. The molecule has 32 heavy (non-hydrogen) atoms. The van der Waals surface area contributed by atoms with Crippen LogP contribution >= 0.6 is 28.1 Å². The minimum Gasteiger partial charge on any atom is -0.492 e. The maximum Gasteiger partial charge on any atom is 0.261 e. The van der Waals surface area contributed by atoms with Crippen LogP contribution in [0.25, 0.3) is 0 Å². The fourth-order valence-corrected chi connectivity index (χ4v) is 3.37. The molecule has 166 valence electrons. The summed E-state index contributed by atoms with van der Waals surface area (Å²) in [5, 5.41) is 5.93. The molecule has 3 aromatic carbocycles. The Labute approximate surface area is 202 Å². The van der Waals surface area contributed by atoms with Gasteiger partial charge in [0.2, 0.25) is 0 Å². The SMILES string of the molecule is CC(C)COc1ccc(Br)cc1C(=O)NC(=S)Nc1cccc(OCc2ccccc2)c1. The Morgan fingerprint density at radius 3 is 2.53 bits per heavy atom. The zero-order valence-corrected chi connectivity index (χ0v) is 20.3. The molecule has 0 aliphatic heterocycles. The van der Waals surface area contributed by atoms with Crippen molar-refractivity contribution in [1.82, 2.24) is 5.32 Å². The lowest BCUT2D eigenvalue weighted by molar-refractivity contribution is 0.0973. The van der Waals surface area contributed by atoms with Gasteiger partial charge in [0.25, 0.3) is 5.91 Å². The van der Waals surface area contributed by atoms with Gasteiger partial charge >= 0.3 is 0 Å². The predicted molar refractivity (Wildman–Crippen MR) is 135 cm³/mol. The average Bonchev–Trinajstić information content (AvgIpc) is 2.77. The van der Waals surface area contributed by atoms with Crippen LogP contribution in [0.1, 0.15) is 29.8 Å². The Morgan fingerprint density at radius 2 is 1.78 bits per heavy atom. The maximum absolute atomic E-state index is 12.8. The average molecular weight is 513 g/mol. The Morgan fingerprint density at radius 1 is 1.00 bits per heavy atom. The molecule has 0 spiro atoms. The number of halogens is 1. The second-order valence-electron chi connectivity index (χ2n) is 7.56. The van der Waals surface area contributed by atoms with Crippen molar-refractivity contribution < 1.29 is 14.3 Å². The lowest BCUT2D eigenvalue weighted by Crippen LogP contribution is -2.34. The number of ether oxygens (including phenoxy) is 2. The van der Waals surface area contributed by atoms with E-state index >= 15 is 0 Å². The molecule has 0 saturated heterocycles. The highest BCUT2D eigenvalue weighted by Crippen LogP contribution is 2.24. The summed E-state index contributed by atoms with van der Waals surface area (Å²) in [4.78, 5) is 12.8. The highest BCUT2D eigenvalue weighted by molar-refractivity contribution is 9.10. The van der Waals surface area contributed by atoms with Gasteiger partial charge in [-0.05, 0) is 54.0 Å². The second-order valence-corrected chi connectivity index (χ2v) is 8.88. The van der Waals surface area contributed by atoms with E-state index in [9.17, 15) is 4.79 Å². The number of nitrogens with one attached hydrogen (secondary N) is 2. The number of rotatable bonds is 8. The van der Waals surface area contributed by atoms with Gasteiger partial charge in [-0.1, -0.05) is 66.2 Å².